The van der Waals surface area contributed by atoms with Crippen molar-refractivity contribution in [1.82, 2.24) is 10.3 Å². The molecule has 4 N–H and O–H groups in total. The average Bonchev–Trinajstić information content (AvgIpc) is 3.13. The van der Waals surface area contributed by atoms with Gasteiger partial charge in [0.05, 0.1) is 5.54 Å². The summed E-state index contributed by atoms with van der Waals surface area (Å²) in [5.41, 5.74) is 5.45. The van der Waals surface area contributed by atoms with E-state index in [0.29, 0.717) is 18.0 Å². The summed E-state index contributed by atoms with van der Waals surface area (Å²) in [5, 5.41) is 2.93. The van der Waals surface area contributed by atoms with Gasteiger partial charge < -0.3 is 16.0 Å². The highest BCUT2D eigenvalue weighted by molar-refractivity contribution is 5.94. The third-order valence-corrected chi connectivity index (χ3v) is 3.34. The van der Waals surface area contributed by atoms with Gasteiger partial charge in [-0.05, 0) is 31.7 Å². The lowest BCUT2D eigenvalue weighted by molar-refractivity contribution is 0.0897. The lowest BCUT2D eigenvalue weighted by Gasteiger charge is -2.29. The quantitative estimate of drug-likeness (QED) is 0.698. The van der Waals surface area contributed by atoms with Gasteiger partial charge in [0, 0.05) is 24.4 Å². The Morgan fingerprint density at radius 3 is 2.88 bits per heavy atom. The second-order valence-corrected chi connectivity index (χ2v) is 4.79. The molecule has 1 heterocycles. The zero-order valence-electron chi connectivity index (χ0n) is 9.82. The number of carbonyl (C=O) groups excluding carboxylic acids is 1. The lowest BCUT2D eigenvalue weighted by atomic mass is 9.95. The number of carbonyl (C=O) groups is 1. The van der Waals surface area contributed by atoms with Gasteiger partial charge in [0.25, 0.3) is 5.91 Å². The van der Waals surface area contributed by atoms with Gasteiger partial charge in [-0.2, -0.15) is 0 Å². The van der Waals surface area contributed by atoms with Crippen molar-refractivity contribution in [3.63, 3.8) is 0 Å². The Bertz CT molecular complexity index is 479. The van der Waals surface area contributed by atoms with Gasteiger partial charge >= 0.3 is 0 Å². The van der Waals surface area contributed by atoms with E-state index in [0.717, 1.165) is 12.8 Å². The van der Waals surface area contributed by atoms with Crippen LogP contribution in [0.1, 0.15) is 30.1 Å². The molecule has 0 saturated heterocycles. The van der Waals surface area contributed by atoms with Crippen molar-refractivity contribution in [3.05, 3.63) is 34.2 Å². The monoisotopic (exact) mass is 235 g/mol. The van der Waals surface area contributed by atoms with Crippen molar-refractivity contribution in [3.8, 4) is 0 Å². The summed E-state index contributed by atoms with van der Waals surface area (Å²) in [4.78, 5) is 25.6. The van der Waals surface area contributed by atoms with Crippen LogP contribution >= 0.6 is 0 Å². The maximum atomic E-state index is 12.0. The van der Waals surface area contributed by atoms with Crippen LogP contribution in [0.4, 0.5) is 0 Å². The molecule has 1 aromatic heterocycles. The number of aromatic nitrogens is 1. The predicted octanol–water partition coefficient (Wildman–Crippen LogP) is 0.232. The van der Waals surface area contributed by atoms with Crippen LogP contribution in [-0.2, 0) is 0 Å². The number of hydrogen-bond acceptors (Lipinski definition) is 3. The molecule has 1 aliphatic rings. The fourth-order valence-corrected chi connectivity index (χ4v) is 1.96. The van der Waals surface area contributed by atoms with Crippen LogP contribution in [0.2, 0.25) is 0 Å². The zero-order valence-corrected chi connectivity index (χ0v) is 9.82. The highest BCUT2D eigenvalue weighted by Crippen LogP contribution is 2.39. The molecule has 92 valence electrons. The molecule has 1 fully saturated rings. The fourth-order valence-electron chi connectivity index (χ4n) is 1.96. The van der Waals surface area contributed by atoms with Crippen LogP contribution in [0.15, 0.2) is 23.1 Å². The molecule has 2 rings (SSSR count). The number of rotatable bonds is 4. The number of aromatic amines is 1. The van der Waals surface area contributed by atoms with Gasteiger partial charge in [-0.1, -0.05) is 0 Å². The zero-order chi connectivity index (χ0) is 12.5. The van der Waals surface area contributed by atoms with E-state index in [4.69, 9.17) is 5.73 Å². The van der Waals surface area contributed by atoms with Crippen LogP contribution in [0.3, 0.4) is 0 Å². The Morgan fingerprint density at radius 2 is 2.35 bits per heavy atom. The standard InChI is InChI=1S/C12H17N3O2/c1-12(7-13,9-2-3-9)15-11(17)8-4-5-14-10(16)6-8/h4-6,9H,2-3,7,13H2,1H3,(H,14,16)(H,15,17). The van der Waals surface area contributed by atoms with Gasteiger partial charge in [-0.25, -0.2) is 0 Å². The number of amides is 1. The SMILES string of the molecule is CC(CN)(NC(=O)c1cc[nH]c(=O)c1)C1CC1. The van der Waals surface area contributed by atoms with E-state index in [1.165, 1.54) is 12.3 Å². The minimum Gasteiger partial charge on any atom is -0.345 e. The highest BCUT2D eigenvalue weighted by atomic mass is 16.2. The molecule has 1 atom stereocenters. The number of hydrogen-bond donors (Lipinski definition) is 3. The Balaban J connectivity index is 2.13. The van der Waals surface area contributed by atoms with Crippen molar-refractivity contribution in [1.29, 1.82) is 0 Å². The first kappa shape index (κ1) is 11.9. The molecule has 0 radical (unpaired) electrons. The second-order valence-electron chi connectivity index (χ2n) is 4.79. The smallest absolute Gasteiger partial charge is 0.252 e. The average molecular weight is 235 g/mol. The first-order valence-electron chi connectivity index (χ1n) is 5.76. The van der Waals surface area contributed by atoms with Gasteiger partial charge in [-0.3, -0.25) is 9.59 Å². The number of nitrogens with two attached hydrogens (primary N) is 1. The number of nitrogens with one attached hydrogen (secondary N) is 2. The summed E-state index contributed by atoms with van der Waals surface area (Å²) in [6.07, 6.45) is 3.67. The normalized spacial score (nSPS) is 18.5. The molecule has 0 bridgehead atoms. The van der Waals surface area contributed by atoms with Crippen molar-refractivity contribution in [2.45, 2.75) is 25.3 Å². The van der Waals surface area contributed by atoms with Crippen LogP contribution in [0.25, 0.3) is 0 Å². The summed E-state index contributed by atoms with van der Waals surface area (Å²) in [6.45, 7) is 2.36. The van der Waals surface area contributed by atoms with Crippen LogP contribution in [0.5, 0.6) is 0 Å². The Hall–Kier alpha value is -1.62. The summed E-state index contributed by atoms with van der Waals surface area (Å²) in [5.74, 6) is 0.217. The summed E-state index contributed by atoms with van der Waals surface area (Å²) >= 11 is 0. The van der Waals surface area contributed by atoms with Gasteiger partial charge in [0.15, 0.2) is 0 Å². The van der Waals surface area contributed by atoms with Crippen LogP contribution in [-0.4, -0.2) is 23.0 Å². The third kappa shape index (κ3) is 2.55. The molecule has 1 amide bonds. The van der Waals surface area contributed by atoms with E-state index in [1.807, 2.05) is 6.92 Å². The molecule has 1 saturated carbocycles. The van der Waals surface area contributed by atoms with Crippen molar-refractivity contribution >= 4 is 5.91 Å². The molecule has 5 heteroatoms. The molecular weight excluding hydrogens is 218 g/mol. The van der Waals surface area contributed by atoms with E-state index >= 15 is 0 Å². The molecular formula is C12H17N3O2. The van der Waals surface area contributed by atoms with E-state index in [2.05, 4.69) is 10.3 Å². The maximum Gasteiger partial charge on any atom is 0.252 e. The molecule has 0 spiro atoms. The Morgan fingerprint density at radius 1 is 1.65 bits per heavy atom. The maximum absolute atomic E-state index is 12.0. The molecule has 0 aliphatic heterocycles. The largest absolute Gasteiger partial charge is 0.345 e. The van der Waals surface area contributed by atoms with E-state index in [-0.39, 0.29) is 17.0 Å². The Labute approximate surface area is 99.4 Å². The molecule has 1 aromatic rings. The minimum absolute atomic E-state index is 0.240. The minimum atomic E-state index is -0.361. The molecule has 17 heavy (non-hydrogen) atoms. The number of pyridine rings is 1. The van der Waals surface area contributed by atoms with Gasteiger partial charge in [0.1, 0.15) is 0 Å². The van der Waals surface area contributed by atoms with Gasteiger partial charge in [0.2, 0.25) is 5.56 Å². The predicted molar refractivity (Wildman–Crippen MR) is 64.7 cm³/mol. The van der Waals surface area contributed by atoms with E-state index < -0.39 is 0 Å². The summed E-state index contributed by atoms with van der Waals surface area (Å²) < 4.78 is 0. The summed E-state index contributed by atoms with van der Waals surface area (Å²) in [6, 6.07) is 2.87. The molecule has 0 aromatic carbocycles. The first-order chi connectivity index (χ1) is 8.05. The van der Waals surface area contributed by atoms with Gasteiger partial charge in [-0.15, -0.1) is 0 Å². The highest BCUT2D eigenvalue weighted by Gasteiger charge is 2.41. The summed E-state index contributed by atoms with van der Waals surface area (Å²) in [7, 11) is 0. The topological polar surface area (TPSA) is 88.0 Å². The first-order valence-corrected chi connectivity index (χ1v) is 5.76. The third-order valence-electron chi connectivity index (χ3n) is 3.34. The van der Waals surface area contributed by atoms with Crippen molar-refractivity contribution in [2.75, 3.05) is 6.54 Å². The van der Waals surface area contributed by atoms with Crippen LogP contribution in [0, 0.1) is 5.92 Å². The molecule has 1 unspecified atom stereocenters. The van der Waals surface area contributed by atoms with E-state index in [9.17, 15) is 9.59 Å². The van der Waals surface area contributed by atoms with Crippen molar-refractivity contribution in [2.24, 2.45) is 11.7 Å². The Kier molecular flexibility index (Phi) is 3.02. The molecule has 5 nitrogen and oxygen atoms in total. The van der Waals surface area contributed by atoms with E-state index in [1.54, 1.807) is 6.07 Å². The van der Waals surface area contributed by atoms with Crippen molar-refractivity contribution < 1.29 is 4.79 Å². The second kappa shape index (κ2) is 4.33. The molecule has 1 aliphatic carbocycles. The van der Waals surface area contributed by atoms with Crippen LogP contribution < -0.4 is 16.6 Å². The number of H-pyrrole nitrogens is 1. The lowest BCUT2D eigenvalue weighted by Crippen LogP contribution is -2.53. The fraction of sp³-hybridized carbons (Fsp3) is 0.500.